The minimum Gasteiger partial charge on any atom is -0.399 e. The molecule has 2 N–H and O–H groups in total. The fourth-order valence-corrected chi connectivity index (χ4v) is 1.69. The highest BCUT2D eigenvalue weighted by Gasteiger charge is 1.98. The van der Waals surface area contributed by atoms with Crippen LogP contribution in [0.5, 0.6) is 5.75 Å². The summed E-state index contributed by atoms with van der Waals surface area (Å²) in [6, 6.07) is 12.6. The van der Waals surface area contributed by atoms with E-state index in [1.807, 2.05) is 19.1 Å². The summed E-state index contributed by atoms with van der Waals surface area (Å²) in [7, 11) is 0. The van der Waals surface area contributed by atoms with Gasteiger partial charge in [0.1, 0.15) is 0 Å². The van der Waals surface area contributed by atoms with Crippen LogP contribution >= 0.6 is 12.0 Å². The average Bonchev–Trinajstić information content (AvgIpc) is 2.45. The monoisotopic (exact) mass is 289 g/mol. The molecule has 0 fully saturated rings. The highest BCUT2D eigenvalue weighted by molar-refractivity contribution is 7.93. The molecule has 0 aliphatic carbocycles. The van der Waals surface area contributed by atoms with Gasteiger partial charge in [0.25, 0.3) is 0 Å². The molecule has 0 aliphatic rings. The van der Waals surface area contributed by atoms with Crippen LogP contribution in [0.3, 0.4) is 0 Å². The van der Waals surface area contributed by atoms with Gasteiger partial charge in [-0.25, -0.2) is 0 Å². The van der Waals surface area contributed by atoms with E-state index < -0.39 is 0 Å². The van der Waals surface area contributed by atoms with E-state index in [2.05, 4.69) is 10.2 Å². The smallest absolute Gasteiger partial charge is 0.166 e. The number of aryl methyl sites for hydroxylation is 1. The molecule has 104 valence electrons. The number of nitrogens with two attached hydrogens (primary N) is 1. The lowest BCUT2D eigenvalue weighted by molar-refractivity contribution is -0.0770. The third-order valence-electron chi connectivity index (χ3n) is 2.53. The van der Waals surface area contributed by atoms with E-state index in [0.717, 1.165) is 34.7 Å². The molecule has 0 saturated carbocycles. The summed E-state index contributed by atoms with van der Waals surface area (Å²) in [5.41, 5.74) is 8.93. The van der Waals surface area contributed by atoms with E-state index >= 15 is 0 Å². The fraction of sp³-hybridized carbons (Fsp3) is 0.143. The third-order valence-corrected chi connectivity index (χ3v) is 2.73. The topological polar surface area (TPSA) is 69.2 Å². The lowest BCUT2D eigenvalue weighted by Crippen LogP contribution is -1.87. The second-order valence-electron chi connectivity index (χ2n) is 4.06. The summed E-state index contributed by atoms with van der Waals surface area (Å²) < 4.78 is 4.77. The molecule has 0 unspecified atom stereocenters. The van der Waals surface area contributed by atoms with Gasteiger partial charge in [-0.1, -0.05) is 0 Å². The molecular formula is C14H15N3O2S. The Morgan fingerprint density at radius 1 is 1.05 bits per heavy atom. The third kappa shape index (κ3) is 3.97. The first-order valence-corrected chi connectivity index (χ1v) is 7.09. The number of nitrogen functional groups attached to an aromatic ring is 1. The molecule has 0 atom stereocenters. The molecule has 5 nitrogen and oxygen atoms in total. The van der Waals surface area contributed by atoms with Crippen molar-refractivity contribution in [1.82, 2.24) is 0 Å². The number of anilines is 1. The summed E-state index contributed by atoms with van der Waals surface area (Å²) in [6.45, 7) is 1.95. The second-order valence-corrected chi connectivity index (χ2v) is 4.53. The number of hydrogen-bond donors (Lipinski definition) is 1. The Kier molecular flexibility index (Phi) is 4.97. The van der Waals surface area contributed by atoms with Crippen LogP contribution < -0.4 is 10.6 Å². The van der Waals surface area contributed by atoms with E-state index in [4.69, 9.17) is 15.0 Å². The molecule has 0 heterocycles. The van der Waals surface area contributed by atoms with Crippen molar-refractivity contribution < 1.29 is 9.22 Å². The van der Waals surface area contributed by atoms with Gasteiger partial charge in [0.2, 0.25) is 0 Å². The Labute approximate surface area is 121 Å². The predicted octanol–water partition coefficient (Wildman–Crippen LogP) is 4.58. The molecule has 2 rings (SSSR count). The van der Waals surface area contributed by atoms with Crippen LogP contribution in [-0.4, -0.2) is 6.26 Å². The van der Waals surface area contributed by atoms with Crippen molar-refractivity contribution in [3.63, 3.8) is 0 Å². The van der Waals surface area contributed by atoms with Crippen LogP contribution in [-0.2, 0) is 4.33 Å². The summed E-state index contributed by atoms with van der Waals surface area (Å²) in [6.07, 6.45) is 1.78. The van der Waals surface area contributed by atoms with E-state index in [0.29, 0.717) is 5.75 Å². The van der Waals surface area contributed by atoms with Gasteiger partial charge in [0.05, 0.1) is 11.4 Å². The molecule has 0 radical (unpaired) electrons. The van der Waals surface area contributed by atoms with Gasteiger partial charge in [-0.15, -0.1) is 4.33 Å². The van der Waals surface area contributed by atoms with Crippen molar-refractivity contribution in [1.29, 1.82) is 0 Å². The Balaban J connectivity index is 2.07. The van der Waals surface area contributed by atoms with Gasteiger partial charge in [-0.3, -0.25) is 0 Å². The van der Waals surface area contributed by atoms with Crippen LogP contribution in [0.25, 0.3) is 0 Å². The van der Waals surface area contributed by atoms with Crippen molar-refractivity contribution in [2.75, 3.05) is 12.0 Å². The van der Waals surface area contributed by atoms with Crippen LogP contribution in [0.4, 0.5) is 17.1 Å². The minimum absolute atomic E-state index is 0.613. The lowest BCUT2D eigenvalue weighted by atomic mass is 10.2. The number of hydrogen-bond acceptors (Lipinski definition) is 6. The van der Waals surface area contributed by atoms with E-state index in [9.17, 15) is 0 Å². The zero-order valence-electron chi connectivity index (χ0n) is 11.2. The second kappa shape index (κ2) is 6.93. The number of benzene rings is 2. The van der Waals surface area contributed by atoms with Crippen LogP contribution in [0.2, 0.25) is 0 Å². The Morgan fingerprint density at radius 2 is 1.80 bits per heavy atom. The molecule has 0 spiro atoms. The van der Waals surface area contributed by atoms with E-state index in [1.54, 1.807) is 36.6 Å². The standard InChI is InChI=1S/C14H15N3O2S/c1-10-9-11(15)3-8-14(10)17-16-12-4-6-13(7-5-12)18-19-20-2/h3-9H,15H2,1-2H3. The molecule has 0 amide bonds. The average molecular weight is 289 g/mol. The van der Waals surface area contributed by atoms with Crippen molar-refractivity contribution in [3.8, 4) is 5.75 Å². The lowest BCUT2D eigenvalue weighted by Gasteiger charge is -2.01. The highest BCUT2D eigenvalue weighted by atomic mass is 32.2. The molecule has 20 heavy (non-hydrogen) atoms. The normalized spacial score (nSPS) is 10.9. The molecule has 6 heteroatoms. The van der Waals surface area contributed by atoms with Gasteiger partial charge in [0.15, 0.2) is 5.75 Å². The zero-order valence-corrected chi connectivity index (χ0v) is 12.1. The van der Waals surface area contributed by atoms with Crippen molar-refractivity contribution >= 4 is 29.1 Å². The Bertz CT molecular complexity index is 600. The molecular weight excluding hydrogens is 274 g/mol. The first-order valence-electron chi connectivity index (χ1n) is 5.94. The number of nitrogens with zero attached hydrogens (tertiary/aromatic N) is 2. The summed E-state index contributed by atoms with van der Waals surface area (Å²) in [5.74, 6) is 0.613. The quantitative estimate of drug-likeness (QED) is 0.287. The molecule has 0 saturated heterocycles. The maximum atomic E-state index is 5.69. The van der Waals surface area contributed by atoms with Gasteiger partial charge in [-0.05, 0) is 55.0 Å². The minimum atomic E-state index is 0.613. The Morgan fingerprint density at radius 3 is 2.45 bits per heavy atom. The summed E-state index contributed by atoms with van der Waals surface area (Å²) in [4.78, 5) is 4.98. The highest BCUT2D eigenvalue weighted by Crippen LogP contribution is 2.25. The Hall–Kier alpha value is -2.05. The molecule has 2 aromatic rings. The maximum Gasteiger partial charge on any atom is 0.166 e. The van der Waals surface area contributed by atoms with Crippen LogP contribution in [0.1, 0.15) is 5.56 Å². The maximum absolute atomic E-state index is 5.69. The predicted molar refractivity (Wildman–Crippen MR) is 81.4 cm³/mol. The van der Waals surface area contributed by atoms with Crippen LogP contribution in [0, 0.1) is 6.92 Å². The van der Waals surface area contributed by atoms with Crippen molar-refractivity contribution in [3.05, 3.63) is 48.0 Å². The summed E-state index contributed by atoms with van der Waals surface area (Å²) >= 11 is 1.14. The van der Waals surface area contributed by atoms with Crippen molar-refractivity contribution in [2.45, 2.75) is 6.92 Å². The molecule has 2 aromatic carbocycles. The van der Waals surface area contributed by atoms with Gasteiger partial charge in [-0.2, -0.15) is 10.2 Å². The number of azo groups is 1. The van der Waals surface area contributed by atoms with E-state index in [1.165, 1.54) is 0 Å². The first kappa shape index (κ1) is 14.4. The SMILES string of the molecule is CSOOc1ccc(N=Nc2ccc(N)cc2C)cc1. The molecule has 0 aliphatic heterocycles. The summed E-state index contributed by atoms with van der Waals surface area (Å²) in [5, 5.41) is 8.37. The van der Waals surface area contributed by atoms with Gasteiger partial charge >= 0.3 is 0 Å². The van der Waals surface area contributed by atoms with Gasteiger partial charge in [0, 0.05) is 24.0 Å². The fourth-order valence-electron chi connectivity index (χ4n) is 1.54. The number of rotatable bonds is 5. The van der Waals surface area contributed by atoms with E-state index in [-0.39, 0.29) is 0 Å². The van der Waals surface area contributed by atoms with Crippen LogP contribution in [0.15, 0.2) is 52.7 Å². The van der Waals surface area contributed by atoms with Gasteiger partial charge < -0.3 is 10.6 Å². The zero-order chi connectivity index (χ0) is 14.4. The molecule has 0 bridgehead atoms. The van der Waals surface area contributed by atoms with Crippen molar-refractivity contribution in [2.24, 2.45) is 10.2 Å². The largest absolute Gasteiger partial charge is 0.399 e. The first-order chi connectivity index (χ1) is 9.69. The molecule has 0 aromatic heterocycles.